The highest BCUT2D eigenvalue weighted by atomic mass is 35.5. The van der Waals surface area contributed by atoms with Gasteiger partial charge in [0.25, 0.3) is 0 Å². The number of benzene rings is 1. The van der Waals surface area contributed by atoms with E-state index in [1.54, 1.807) is 24.5 Å². The summed E-state index contributed by atoms with van der Waals surface area (Å²) in [4.78, 5) is 1.29. The van der Waals surface area contributed by atoms with Gasteiger partial charge in [0.15, 0.2) is 0 Å². The predicted octanol–water partition coefficient (Wildman–Crippen LogP) is 4.78. The molecule has 0 spiro atoms. The van der Waals surface area contributed by atoms with Crippen molar-refractivity contribution in [2.75, 3.05) is 7.11 Å². The fraction of sp³-hybridized carbons (Fsp3) is 0.231. The van der Waals surface area contributed by atoms with Gasteiger partial charge in [-0.15, -0.1) is 23.7 Å². The Hall–Kier alpha value is -0.450. The van der Waals surface area contributed by atoms with Gasteiger partial charge in [-0.1, -0.05) is 29.3 Å². The molecule has 0 fully saturated rings. The van der Waals surface area contributed by atoms with Gasteiger partial charge in [-0.25, -0.2) is 0 Å². The minimum atomic E-state index is 0. The highest BCUT2D eigenvalue weighted by Gasteiger charge is 2.09. The summed E-state index contributed by atoms with van der Waals surface area (Å²) in [5.74, 6) is 0.680. The lowest BCUT2D eigenvalue weighted by Crippen LogP contribution is -2.12. The Morgan fingerprint density at radius 1 is 1.26 bits per heavy atom. The average molecular weight is 339 g/mol. The van der Waals surface area contributed by atoms with Crippen molar-refractivity contribution in [2.24, 2.45) is 0 Å². The van der Waals surface area contributed by atoms with Crippen LogP contribution in [0.4, 0.5) is 0 Å². The normalized spacial score (nSPS) is 10.1. The van der Waals surface area contributed by atoms with Crippen LogP contribution in [0.3, 0.4) is 0 Å². The lowest BCUT2D eigenvalue weighted by atomic mass is 10.2. The number of thiophene rings is 1. The zero-order valence-electron chi connectivity index (χ0n) is 10.3. The molecule has 0 bridgehead atoms. The highest BCUT2D eigenvalue weighted by Crippen LogP contribution is 2.32. The molecule has 0 aliphatic carbocycles. The molecule has 0 amide bonds. The van der Waals surface area contributed by atoms with Crippen LogP contribution in [0, 0.1) is 0 Å². The number of methoxy groups -OCH3 is 1. The molecular formula is C13H14Cl3NOS. The second-order valence-corrected chi connectivity index (χ2v) is 5.64. The molecule has 2 rings (SSSR count). The van der Waals surface area contributed by atoms with Gasteiger partial charge in [-0.3, -0.25) is 0 Å². The van der Waals surface area contributed by atoms with Crippen molar-refractivity contribution < 1.29 is 4.74 Å². The molecule has 1 aromatic heterocycles. The number of hydrogen-bond acceptors (Lipinski definition) is 3. The minimum Gasteiger partial charge on any atom is -0.495 e. The predicted molar refractivity (Wildman–Crippen MR) is 85.1 cm³/mol. The molecule has 0 aliphatic heterocycles. The van der Waals surface area contributed by atoms with E-state index in [9.17, 15) is 0 Å². The van der Waals surface area contributed by atoms with Gasteiger partial charge in [0.2, 0.25) is 0 Å². The van der Waals surface area contributed by atoms with Crippen LogP contribution in [0.2, 0.25) is 10.0 Å². The SMILES string of the molecule is COc1c(Cl)cc(Cl)cc1CNCc1cccs1.Cl. The van der Waals surface area contributed by atoms with E-state index in [2.05, 4.69) is 16.8 Å². The van der Waals surface area contributed by atoms with Crippen LogP contribution >= 0.6 is 46.9 Å². The summed E-state index contributed by atoms with van der Waals surface area (Å²) in [5, 5.41) is 6.57. The van der Waals surface area contributed by atoms with Crippen LogP contribution in [0.1, 0.15) is 10.4 Å². The third-order valence-electron chi connectivity index (χ3n) is 2.48. The summed E-state index contributed by atoms with van der Waals surface area (Å²) in [6.07, 6.45) is 0. The van der Waals surface area contributed by atoms with E-state index in [-0.39, 0.29) is 12.4 Å². The minimum absolute atomic E-state index is 0. The van der Waals surface area contributed by atoms with E-state index in [4.69, 9.17) is 27.9 Å². The number of ether oxygens (including phenoxy) is 1. The Kier molecular flexibility index (Phi) is 6.97. The van der Waals surface area contributed by atoms with Crippen molar-refractivity contribution in [3.8, 4) is 5.75 Å². The smallest absolute Gasteiger partial charge is 0.142 e. The topological polar surface area (TPSA) is 21.3 Å². The molecule has 2 aromatic rings. The first kappa shape index (κ1) is 16.6. The van der Waals surface area contributed by atoms with Crippen LogP contribution in [0.5, 0.6) is 5.75 Å². The van der Waals surface area contributed by atoms with E-state index in [0.717, 1.165) is 12.1 Å². The largest absolute Gasteiger partial charge is 0.495 e. The van der Waals surface area contributed by atoms with Gasteiger partial charge < -0.3 is 10.1 Å². The maximum Gasteiger partial charge on any atom is 0.142 e. The second kappa shape index (κ2) is 7.98. The van der Waals surface area contributed by atoms with Crippen molar-refractivity contribution in [1.82, 2.24) is 5.32 Å². The van der Waals surface area contributed by atoms with Crippen molar-refractivity contribution in [3.05, 3.63) is 50.1 Å². The zero-order valence-corrected chi connectivity index (χ0v) is 13.4. The molecule has 1 heterocycles. The fourth-order valence-corrected chi connectivity index (χ4v) is 2.99. The molecule has 0 unspecified atom stereocenters. The monoisotopic (exact) mass is 337 g/mol. The van der Waals surface area contributed by atoms with Crippen molar-refractivity contribution in [2.45, 2.75) is 13.1 Å². The Morgan fingerprint density at radius 3 is 2.68 bits per heavy atom. The summed E-state index contributed by atoms with van der Waals surface area (Å²) in [5.41, 5.74) is 0.964. The number of halogens is 3. The number of nitrogens with one attached hydrogen (secondary N) is 1. The van der Waals surface area contributed by atoms with Gasteiger partial charge in [0.05, 0.1) is 12.1 Å². The quantitative estimate of drug-likeness (QED) is 0.847. The Bertz CT molecular complexity index is 517. The fourth-order valence-electron chi connectivity index (χ4n) is 1.71. The van der Waals surface area contributed by atoms with Gasteiger partial charge in [0, 0.05) is 28.6 Å². The van der Waals surface area contributed by atoms with Gasteiger partial charge in [-0.05, 0) is 23.6 Å². The lowest BCUT2D eigenvalue weighted by Gasteiger charge is -2.11. The Labute approximate surface area is 133 Å². The standard InChI is InChI=1S/C13H13Cl2NOS.ClH/c1-17-13-9(5-10(14)6-12(13)15)7-16-8-11-3-2-4-18-11;/h2-6,16H,7-8H2,1H3;1H. The third kappa shape index (κ3) is 4.55. The summed E-state index contributed by atoms with van der Waals surface area (Å²) in [7, 11) is 1.61. The maximum absolute atomic E-state index is 6.08. The number of rotatable bonds is 5. The summed E-state index contributed by atoms with van der Waals surface area (Å²) >= 11 is 13.8. The molecule has 0 saturated heterocycles. The molecule has 1 N–H and O–H groups in total. The molecule has 0 radical (unpaired) electrons. The molecule has 0 aliphatic rings. The Morgan fingerprint density at radius 2 is 2.05 bits per heavy atom. The average Bonchev–Trinajstić information content (AvgIpc) is 2.81. The van der Waals surface area contributed by atoms with Crippen LogP contribution in [-0.4, -0.2) is 7.11 Å². The molecule has 1 aromatic carbocycles. The third-order valence-corrected chi connectivity index (χ3v) is 3.86. The first-order valence-electron chi connectivity index (χ1n) is 5.45. The molecule has 104 valence electrons. The van der Waals surface area contributed by atoms with E-state index in [1.807, 2.05) is 12.1 Å². The maximum atomic E-state index is 6.08. The van der Waals surface area contributed by atoms with E-state index in [0.29, 0.717) is 22.3 Å². The van der Waals surface area contributed by atoms with Crippen LogP contribution in [0.25, 0.3) is 0 Å². The molecule has 0 atom stereocenters. The van der Waals surface area contributed by atoms with Gasteiger partial charge in [0.1, 0.15) is 5.75 Å². The molecule has 6 heteroatoms. The van der Waals surface area contributed by atoms with Crippen LogP contribution < -0.4 is 10.1 Å². The van der Waals surface area contributed by atoms with Crippen LogP contribution in [0.15, 0.2) is 29.6 Å². The highest BCUT2D eigenvalue weighted by molar-refractivity contribution is 7.09. The summed E-state index contributed by atoms with van der Waals surface area (Å²) in [6.45, 7) is 1.49. The molecule has 19 heavy (non-hydrogen) atoms. The molecular weight excluding hydrogens is 325 g/mol. The number of hydrogen-bond donors (Lipinski definition) is 1. The molecule has 0 saturated carbocycles. The lowest BCUT2D eigenvalue weighted by molar-refractivity contribution is 0.408. The summed E-state index contributed by atoms with van der Waals surface area (Å²) < 4.78 is 5.29. The summed E-state index contributed by atoms with van der Waals surface area (Å²) in [6, 6.07) is 7.69. The van der Waals surface area contributed by atoms with Gasteiger partial charge >= 0.3 is 0 Å². The molecule has 2 nitrogen and oxygen atoms in total. The van der Waals surface area contributed by atoms with Gasteiger partial charge in [-0.2, -0.15) is 0 Å². The van der Waals surface area contributed by atoms with Crippen molar-refractivity contribution >= 4 is 46.9 Å². The van der Waals surface area contributed by atoms with E-state index < -0.39 is 0 Å². The zero-order chi connectivity index (χ0) is 13.0. The van der Waals surface area contributed by atoms with E-state index >= 15 is 0 Å². The van der Waals surface area contributed by atoms with E-state index in [1.165, 1.54) is 4.88 Å². The first-order chi connectivity index (χ1) is 8.70. The van der Waals surface area contributed by atoms with Crippen LogP contribution in [-0.2, 0) is 13.1 Å². The van der Waals surface area contributed by atoms with Crippen molar-refractivity contribution in [1.29, 1.82) is 0 Å². The second-order valence-electron chi connectivity index (χ2n) is 3.76. The van der Waals surface area contributed by atoms with Crippen molar-refractivity contribution in [3.63, 3.8) is 0 Å². The first-order valence-corrected chi connectivity index (χ1v) is 7.09. The Balaban J connectivity index is 0.00000180.